The number of rotatable bonds is 3. The number of hydrogen-bond donors (Lipinski definition) is 1. The van der Waals surface area contributed by atoms with Crippen molar-refractivity contribution in [2.24, 2.45) is 7.05 Å². The molecule has 2 heterocycles. The summed E-state index contributed by atoms with van der Waals surface area (Å²) in [6, 6.07) is 0. The quantitative estimate of drug-likeness (QED) is 0.761. The number of hydrogen-bond acceptors (Lipinski definition) is 5. The molecule has 0 spiro atoms. The van der Waals surface area contributed by atoms with Gasteiger partial charge in [0.2, 0.25) is 5.95 Å². The maximum Gasteiger partial charge on any atom is 0.284 e. The van der Waals surface area contributed by atoms with Crippen LogP contribution in [0.3, 0.4) is 0 Å². The van der Waals surface area contributed by atoms with Gasteiger partial charge >= 0.3 is 0 Å². The average Bonchev–Trinajstić information content (AvgIpc) is 2.66. The Kier molecular flexibility index (Phi) is 2.51. The molecule has 0 amide bonds. The Morgan fingerprint density at radius 2 is 2.31 bits per heavy atom. The minimum atomic E-state index is -0.267. The van der Waals surface area contributed by atoms with E-state index < -0.39 is 0 Å². The Balaban J connectivity index is 2.62. The van der Waals surface area contributed by atoms with Crippen molar-refractivity contribution in [2.75, 3.05) is 12.3 Å². The van der Waals surface area contributed by atoms with E-state index in [9.17, 15) is 4.79 Å². The van der Waals surface area contributed by atoms with E-state index in [1.807, 2.05) is 6.92 Å². The molecular formula is C9H13N5O2. The first-order chi connectivity index (χ1) is 7.65. The van der Waals surface area contributed by atoms with Crippen molar-refractivity contribution >= 4 is 17.1 Å². The van der Waals surface area contributed by atoms with Crippen LogP contribution in [0.2, 0.25) is 0 Å². The number of anilines is 1. The number of nitrogens with zero attached hydrogens (tertiary/aromatic N) is 4. The summed E-state index contributed by atoms with van der Waals surface area (Å²) in [5, 5.41) is 0. The van der Waals surface area contributed by atoms with Gasteiger partial charge in [-0.15, -0.1) is 0 Å². The van der Waals surface area contributed by atoms with Crippen LogP contribution in [0.25, 0.3) is 11.2 Å². The summed E-state index contributed by atoms with van der Waals surface area (Å²) in [7, 11) is 1.56. The fourth-order valence-electron chi connectivity index (χ4n) is 1.33. The minimum absolute atomic E-state index is 0.137. The van der Waals surface area contributed by atoms with E-state index in [1.54, 1.807) is 7.05 Å². The number of fused-ring (bicyclic) bond motifs is 1. The van der Waals surface area contributed by atoms with Gasteiger partial charge < -0.3 is 10.6 Å². The van der Waals surface area contributed by atoms with Gasteiger partial charge in [-0.2, -0.15) is 9.71 Å². The minimum Gasteiger partial charge on any atom is -0.412 e. The summed E-state index contributed by atoms with van der Waals surface area (Å²) in [5.74, 6) is 0.137. The predicted octanol–water partition coefficient (Wildman–Crippen LogP) is -0.449. The number of nitrogen functional groups attached to an aromatic ring is 1. The standard InChI is InChI=1S/C9H13N5O2/c1-3-4-16-14-5-11-7-6(14)8(15)13(2)9(10)12-7/h5H,3-4H2,1-2H3,(H2,10,12). The van der Waals surface area contributed by atoms with Gasteiger partial charge in [0.1, 0.15) is 12.9 Å². The Hall–Kier alpha value is -2.05. The molecule has 0 saturated heterocycles. The van der Waals surface area contributed by atoms with E-state index in [0.717, 1.165) is 6.42 Å². The maximum atomic E-state index is 11.9. The zero-order valence-corrected chi connectivity index (χ0v) is 9.17. The van der Waals surface area contributed by atoms with Crippen molar-refractivity contribution in [1.29, 1.82) is 0 Å². The second-order valence-corrected chi connectivity index (χ2v) is 3.41. The lowest BCUT2D eigenvalue weighted by Crippen LogP contribution is -2.25. The monoisotopic (exact) mass is 223 g/mol. The van der Waals surface area contributed by atoms with Crippen LogP contribution in [-0.2, 0) is 7.05 Å². The fourth-order valence-corrected chi connectivity index (χ4v) is 1.33. The molecule has 0 aliphatic rings. The molecule has 0 saturated carbocycles. The summed E-state index contributed by atoms with van der Waals surface area (Å²) in [6.07, 6.45) is 2.27. The first-order valence-corrected chi connectivity index (χ1v) is 4.98. The lowest BCUT2D eigenvalue weighted by atomic mass is 10.5. The first-order valence-electron chi connectivity index (χ1n) is 4.98. The first kappa shape index (κ1) is 10.5. The van der Waals surface area contributed by atoms with Gasteiger partial charge in [0.05, 0.1) is 0 Å². The van der Waals surface area contributed by atoms with Crippen molar-refractivity contribution in [3.63, 3.8) is 0 Å². The summed E-state index contributed by atoms with van der Waals surface area (Å²) < 4.78 is 2.60. The van der Waals surface area contributed by atoms with E-state index in [4.69, 9.17) is 10.6 Å². The zero-order valence-electron chi connectivity index (χ0n) is 9.17. The van der Waals surface area contributed by atoms with E-state index in [0.29, 0.717) is 17.8 Å². The van der Waals surface area contributed by atoms with Crippen LogP contribution in [0.5, 0.6) is 0 Å². The molecule has 7 nitrogen and oxygen atoms in total. The largest absolute Gasteiger partial charge is 0.412 e. The van der Waals surface area contributed by atoms with Crippen molar-refractivity contribution < 1.29 is 4.84 Å². The molecule has 2 aromatic rings. The van der Waals surface area contributed by atoms with Gasteiger partial charge in [0.15, 0.2) is 11.2 Å². The second-order valence-electron chi connectivity index (χ2n) is 3.41. The molecule has 0 unspecified atom stereocenters. The molecule has 2 aromatic heterocycles. The van der Waals surface area contributed by atoms with Gasteiger partial charge in [-0.25, -0.2) is 4.98 Å². The van der Waals surface area contributed by atoms with Gasteiger partial charge in [-0.05, 0) is 6.42 Å². The average molecular weight is 223 g/mol. The molecule has 0 aliphatic heterocycles. The van der Waals surface area contributed by atoms with Gasteiger partial charge in [-0.3, -0.25) is 9.36 Å². The highest BCUT2D eigenvalue weighted by atomic mass is 16.7. The summed E-state index contributed by atoms with van der Waals surface area (Å²) >= 11 is 0. The number of nitrogens with two attached hydrogens (primary N) is 1. The van der Waals surface area contributed by atoms with E-state index in [2.05, 4.69) is 9.97 Å². The molecular weight excluding hydrogens is 210 g/mol. The Morgan fingerprint density at radius 1 is 1.56 bits per heavy atom. The summed E-state index contributed by atoms with van der Waals surface area (Å²) in [4.78, 5) is 25.2. The molecule has 0 radical (unpaired) electrons. The highest BCUT2D eigenvalue weighted by Gasteiger charge is 2.12. The maximum absolute atomic E-state index is 11.9. The third-order valence-electron chi connectivity index (χ3n) is 2.22. The van der Waals surface area contributed by atoms with Crippen molar-refractivity contribution in [2.45, 2.75) is 13.3 Å². The third kappa shape index (κ3) is 1.50. The van der Waals surface area contributed by atoms with Crippen LogP contribution >= 0.6 is 0 Å². The van der Waals surface area contributed by atoms with Gasteiger partial charge in [0.25, 0.3) is 5.56 Å². The molecule has 16 heavy (non-hydrogen) atoms. The lowest BCUT2D eigenvalue weighted by Gasteiger charge is -2.06. The topological polar surface area (TPSA) is 88.0 Å². The zero-order chi connectivity index (χ0) is 11.7. The van der Waals surface area contributed by atoms with Crippen molar-refractivity contribution in [1.82, 2.24) is 19.3 Å². The molecule has 7 heteroatoms. The molecule has 0 aromatic carbocycles. The third-order valence-corrected chi connectivity index (χ3v) is 2.22. The van der Waals surface area contributed by atoms with Crippen LogP contribution in [0.1, 0.15) is 13.3 Å². The highest BCUT2D eigenvalue weighted by molar-refractivity contribution is 5.70. The Morgan fingerprint density at radius 3 is 3.00 bits per heavy atom. The Bertz CT molecular complexity index is 571. The van der Waals surface area contributed by atoms with Crippen LogP contribution in [0.4, 0.5) is 5.95 Å². The van der Waals surface area contributed by atoms with Crippen LogP contribution in [-0.4, -0.2) is 25.9 Å². The van der Waals surface area contributed by atoms with Gasteiger partial charge in [0, 0.05) is 7.05 Å². The number of imidazole rings is 1. The SMILES string of the molecule is CCCOn1cnc2nc(N)n(C)c(=O)c21. The van der Waals surface area contributed by atoms with E-state index >= 15 is 0 Å². The van der Waals surface area contributed by atoms with Crippen molar-refractivity contribution in [3.8, 4) is 0 Å². The molecule has 0 atom stereocenters. The van der Waals surface area contributed by atoms with Gasteiger partial charge in [-0.1, -0.05) is 6.92 Å². The second kappa shape index (κ2) is 3.84. The predicted molar refractivity (Wildman–Crippen MR) is 58.9 cm³/mol. The Labute approximate surface area is 91.4 Å². The van der Waals surface area contributed by atoms with Crippen LogP contribution in [0.15, 0.2) is 11.1 Å². The summed E-state index contributed by atoms with van der Waals surface area (Å²) in [5.41, 5.74) is 5.90. The molecule has 86 valence electrons. The molecule has 0 bridgehead atoms. The van der Waals surface area contributed by atoms with E-state index in [1.165, 1.54) is 15.6 Å². The lowest BCUT2D eigenvalue weighted by molar-refractivity contribution is 0.119. The fraction of sp³-hybridized carbons (Fsp3) is 0.444. The molecule has 0 fully saturated rings. The molecule has 0 aliphatic carbocycles. The molecule has 2 rings (SSSR count). The van der Waals surface area contributed by atoms with Crippen LogP contribution < -0.4 is 16.1 Å². The van der Waals surface area contributed by atoms with Crippen LogP contribution in [0, 0.1) is 0 Å². The van der Waals surface area contributed by atoms with Crippen molar-refractivity contribution in [3.05, 3.63) is 16.7 Å². The highest BCUT2D eigenvalue weighted by Crippen LogP contribution is 2.05. The normalized spacial score (nSPS) is 10.9. The van der Waals surface area contributed by atoms with E-state index in [-0.39, 0.29) is 11.5 Å². The summed E-state index contributed by atoms with van der Waals surface area (Å²) in [6.45, 7) is 2.49. The smallest absolute Gasteiger partial charge is 0.284 e. The molecule has 2 N–H and O–H groups in total. The number of aromatic nitrogens is 4.